The average Bonchev–Trinajstić information content (AvgIpc) is 1.63. The number of carbonyl (C=O) groups is 2. The van der Waals surface area contributed by atoms with Crippen molar-refractivity contribution in [3.63, 3.8) is 0 Å². The molecular weight excluding hydrogens is 1780 g/mol. The number of hydrogen-bond donors (Lipinski definition) is 10. The monoisotopic (exact) mass is 1960 g/mol. The van der Waals surface area contributed by atoms with Crippen molar-refractivity contribution in [1.29, 1.82) is 0 Å². The Kier molecular flexibility index (Phi) is 49.1. The van der Waals surface area contributed by atoms with Crippen LogP contribution in [0.1, 0.15) is 352 Å². The SMILES string of the molecule is CCC.CCCCC[C@@H](CCC1C(=O)CC2Cc3c(O)cccc3CC21)OCc1ccccc1.CCCCC[C@@H](CC[C@@H]1C2Cc3cccc(O)c3CC2C[C@H]1O)OCc1ccccc1.CCCCC[C@H](O)CC[C@@H]1C2Cc3cccc(C)c3CC2C[C@H]1O.CCCCC[C@H](O)CC[C@@H]1C2Cc3cccc(O)c3CC2C[C@H]1O.CCCCC[C@H](O)CC[C@@H]1C2Cc3cccc(OCC(=O)[O-])c3CC2C[C@H]1O.[Na+]. The number of aliphatic carboxylic acids is 1. The molecule has 10 aliphatic carbocycles. The molecule has 0 radical (unpaired) electrons. The topological polar surface area (TPSA) is 287 Å². The van der Waals surface area contributed by atoms with Crippen molar-refractivity contribution >= 4 is 11.8 Å². The molecule has 0 heterocycles. The van der Waals surface area contributed by atoms with E-state index >= 15 is 0 Å². The third-order valence-electron chi connectivity index (χ3n) is 34.7. The number of phenols is 3. The zero-order chi connectivity index (χ0) is 100. The van der Waals surface area contributed by atoms with E-state index in [9.17, 15) is 65.8 Å². The molecule has 5 fully saturated rings. The molecule has 10 N–H and O–H groups in total. The number of aryl methyl sites for hydroxylation is 1. The van der Waals surface area contributed by atoms with E-state index in [-0.39, 0.29) is 96.3 Å². The number of ketones is 1. The van der Waals surface area contributed by atoms with Crippen LogP contribution >= 0.6 is 0 Å². The summed E-state index contributed by atoms with van der Waals surface area (Å²) in [5.74, 6) is 7.32. The van der Waals surface area contributed by atoms with Crippen LogP contribution in [-0.2, 0) is 96.5 Å². The van der Waals surface area contributed by atoms with Gasteiger partial charge < -0.3 is 75.2 Å². The summed E-state index contributed by atoms with van der Waals surface area (Å²) in [6.45, 7) is 18.4. The van der Waals surface area contributed by atoms with Crippen molar-refractivity contribution in [2.45, 2.75) is 419 Å². The number of fused-ring (bicyclic) bond motifs is 10. The van der Waals surface area contributed by atoms with Gasteiger partial charge in [-0.15, -0.1) is 0 Å². The van der Waals surface area contributed by atoms with Gasteiger partial charge in [-0.2, -0.15) is 0 Å². The van der Waals surface area contributed by atoms with Crippen LogP contribution in [0.4, 0.5) is 0 Å². The average molecular weight is 1960 g/mol. The zero-order valence-electron chi connectivity index (χ0n) is 88.4. The first-order valence-electron chi connectivity index (χ1n) is 56.4. The van der Waals surface area contributed by atoms with Gasteiger partial charge in [0.25, 0.3) is 0 Å². The minimum atomic E-state index is -1.22. The number of phenolic OH excluding ortho intramolecular Hbond substituents is 3. The Labute approximate surface area is 876 Å². The smallest absolute Gasteiger partial charge is 0.546 e. The standard InChI is InChI=1S/C28H38O3.C28H36O3.C23H34O5.C22H34O2.C21H32O3.C3H8.Na/c2*1-2-3-5-12-23(31-19-20-9-6-4-7-10-20)14-15-24-25-16-21-11-8-13-27(29)26(21)17-22(25)18-28(24)30;1-2-3-4-7-17(24)9-10-18-19-11-15-6-5-8-22(28-14-23(26)27)20(15)12-16(19)13-21(18)25;1-3-4-5-9-18(23)10-11-19-21-12-16-8-6-7-15(2)20(16)13-17(21)14-22(19)24;1-2-3-4-7-16(22)9-10-17-18-11-14-6-5-8-20(23)19(14)12-15(18)13-21(17)24;1-3-2;/h4,6-11,13,22-25,28-30H,2-3,5,12,14-19H2,1H3;4,6-11,13,22-25,29H,2-3,5,12,14-19H2,1H3;5-6,8,16-19,21,24-25H,2-4,7,9-14H2,1H3,(H,26,27);6-8,17-19,21-24H,3-5,9-14H2,1-2H3;5-6,8,15-18,21-24H,2-4,7,9-13H2,1H3;3H2,1-2H3;/q;;;;;;+1/p-1/t22?,23-,24+,25?,28+;22?,23-,24?,25?;16?,17-,18+,19?,21+;17?,18-,19+,21?,22+;15?,16-,17+,18?,21+;;/m00000../s1. The predicted molar refractivity (Wildman–Crippen MR) is 565 cm³/mol. The second kappa shape index (κ2) is 60.2. The van der Waals surface area contributed by atoms with E-state index in [0.29, 0.717) is 125 Å². The molecule has 10 aliphatic rings. The predicted octanol–water partition coefficient (Wildman–Crippen LogP) is 21.2. The molecule has 0 spiro atoms. The molecular formula is C125H181NaO16. The Morgan fingerprint density at radius 1 is 0.345 bits per heavy atom. The second-order valence-corrected chi connectivity index (χ2v) is 44.7. The van der Waals surface area contributed by atoms with E-state index in [1.54, 1.807) is 18.2 Å². The van der Waals surface area contributed by atoms with Crippen molar-refractivity contribution in [2.75, 3.05) is 6.61 Å². The maximum atomic E-state index is 12.9. The first-order chi connectivity index (χ1) is 68.4. The summed E-state index contributed by atoms with van der Waals surface area (Å²) in [7, 11) is 0. The van der Waals surface area contributed by atoms with Crippen molar-refractivity contribution in [2.24, 2.45) is 88.8 Å². The van der Waals surface area contributed by atoms with Gasteiger partial charge in [-0.05, 0) is 373 Å². The summed E-state index contributed by atoms with van der Waals surface area (Å²) in [5, 5.41) is 115. The maximum Gasteiger partial charge on any atom is 1.00 e. The fourth-order valence-electron chi connectivity index (χ4n) is 27.0. The number of aliphatic hydroxyl groups is 7. The van der Waals surface area contributed by atoms with Crippen molar-refractivity contribution in [1.82, 2.24) is 0 Å². The van der Waals surface area contributed by atoms with Gasteiger partial charge in [0.05, 0.1) is 74.1 Å². The molecule has 17 rings (SSSR count). The van der Waals surface area contributed by atoms with Gasteiger partial charge in [0.2, 0.25) is 0 Å². The number of aliphatic hydroxyl groups excluding tert-OH is 7. The summed E-state index contributed by atoms with van der Waals surface area (Å²) in [6.07, 6.45) is 45.4. The Morgan fingerprint density at radius 3 is 1.03 bits per heavy atom. The van der Waals surface area contributed by atoms with Crippen molar-refractivity contribution in [3.05, 3.63) is 224 Å². The number of aromatic hydroxyl groups is 3. The summed E-state index contributed by atoms with van der Waals surface area (Å²) in [4.78, 5) is 23.7. The Morgan fingerprint density at radius 2 is 0.655 bits per heavy atom. The largest absolute Gasteiger partial charge is 1.00 e. The molecule has 16 nitrogen and oxygen atoms in total. The van der Waals surface area contributed by atoms with E-state index in [1.165, 1.54) is 121 Å². The molecule has 142 heavy (non-hydrogen) atoms. The first kappa shape index (κ1) is 116. The van der Waals surface area contributed by atoms with Gasteiger partial charge in [0, 0.05) is 12.3 Å². The van der Waals surface area contributed by atoms with Crippen molar-refractivity contribution < 1.29 is 110 Å². The molecule has 0 aliphatic heterocycles. The van der Waals surface area contributed by atoms with Gasteiger partial charge in [-0.1, -0.05) is 279 Å². The number of carboxylic acid groups (broad SMARTS) is 1. The normalized spacial score (nSPS) is 26.3. The summed E-state index contributed by atoms with van der Waals surface area (Å²) >= 11 is 0. The first-order valence-corrected chi connectivity index (χ1v) is 56.4. The molecule has 24 atom stereocenters. The van der Waals surface area contributed by atoms with E-state index in [1.807, 2.05) is 42.5 Å². The van der Waals surface area contributed by atoms with Gasteiger partial charge in [-0.25, -0.2) is 0 Å². The van der Waals surface area contributed by atoms with Crippen LogP contribution in [0, 0.1) is 95.7 Å². The minimum Gasteiger partial charge on any atom is -0.546 e. The number of rotatable bonds is 44. The van der Waals surface area contributed by atoms with Gasteiger partial charge in [0.1, 0.15) is 35.4 Å². The van der Waals surface area contributed by atoms with Gasteiger partial charge >= 0.3 is 29.6 Å². The van der Waals surface area contributed by atoms with E-state index in [2.05, 4.69) is 146 Å². The number of unbranched alkanes of at least 4 members (excludes halogenated alkanes) is 10. The Bertz CT molecular complexity index is 4710. The van der Waals surface area contributed by atoms with Gasteiger partial charge in [0.15, 0.2) is 0 Å². The number of benzene rings is 7. The quantitative estimate of drug-likeness (QED) is 0.0125. The fraction of sp³-hybridized carbons (Fsp3) is 0.648. The van der Waals surface area contributed by atoms with Crippen LogP contribution in [0.2, 0.25) is 0 Å². The number of ether oxygens (including phenoxy) is 3. The molecule has 7 aromatic carbocycles. The van der Waals surface area contributed by atoms with Crippen LogP contribution in [0.3, 0.4) is 0 Å². The molecule has 0 saturated heterocycles. The zero-order valence-corrected chi connectivity index (χ0v) is 90.4. The molecule has 11 unspecified atom stereocenters. The number of carboxylic acids is 1. The van der Waals surface area contributed by atoms with E-state index in [0.717, 1.165) is 241 Å². The number of hydrogen-bond acceptors (Lipinski definition) is 16. The molecule has 7 aromatic rings. The van der Waals surface area contributed by atoms with Crippen LogP contribution in [0.25, 0.3) is 0 Å². The van der Waals surface area contributed by atoms with Gasteiger partial charge in [-0.3, -0.25) is 4.79 Å². The molecule has 0 bridgehead atoms. The minimum absolute atomic E-state index is 0. The third kappa shape index (κ3) is 33.5. The number of carbonyl (C=O) groups excluding carboxylic acids is 2. The Balaban J connectivity index is 0.000000169. The summed E-state index contributed by atoms with van der Waals surface area (Å²) < 4.78 is 18.1. The maximum absolute atomic E-state index is 12.9. The number of Topliss-reactive ketones (excluding diaryl/α,β-unsaturated/α-hetero) is 1. The van der Waals surface area contributed by atoms with Crippen LogP contribution < -0.4 is 39.4 Å². The molecule has 0 amide bonds. The van der Waals surface area contributed by atoms with Crippen LogP contribution in [-0.4, -0.2) is 124 Å². The summed E-state index contributed by atoms with van der Waals surface area (Å²) in [5.41, 5.74) is 16.2. The fourth-order valence-corrected chi connectivity index (χ4v) is 27.0. The van der Waals surface area contributed by atoms with Crippen LogP contribution in [0.5, 0.6) is 23.0 Å². The molecule has 0 aromatic heterocycles. The molecule has 778 valence electrons. The summed E-state index contributed by atoms with van der Waals surface area (Å²) in [6, 6.07) is 50.8. The Hall–Kier alpha value is -6.48. The van der Waals surface area contributed by atoms with Crippen LogP contribution in [0.15, 0.2) is 152 Å². The second-order valence-electron chi connectivity index (χ2n) is 44.7. The van der Waals surface area contributed by atoms with E-state index in [4.69, 9.17) is 14.2 Å². The third-order valence-corrected chi connectivity index (χ3v) is 34.7. The molecule has 17 heteroatoms. The van der Waals surface area contributed by atoms with Crippen molar-refractivity contribution in [3.8, 4) is 23.0 Å². The van der Waals surface area contributed by atoms with E-state index < -0.39 is 12.6 Å². The molecule has 5 saturated carbocycles.